The molecule has 5 aromatic carbocycles. The van der Waals surface area contributed by atoms with Crippen LogP contribution in [0.5, 0.6) is 11.5 Å². The Hall–Kier alpha value is -5.70. The highest BCUT2D eigenvalue weighted by Crippen LogP contribution is 2.30. The summed E-state index contributed by atoms with van der Waals surface area (Å²) in [6.07, 6.45) is 3.36. The van der Waals surface area contributed by atoms with Gasteiger partial charge >= 0.3 is 0 Å². The molecule has 0 saturated heterocycles. The lowest BCUT2D eigenvalue weighted by molar-refractivity contribution is 0.174. The number of rotatable bonds is 0. The number of hydrogen-bond donors (Lipinski definition) is 1. The van der Waals surface area contributed by atoms with Crippen molar-refractivity contribution in [2.45, 2.75) is 0 Å². The van der Waals surface area contributed by atoms with Gasteiger partial charge in [-0.3, -0.25) is 4.79 Å². The lowest BCUT2D eigenvalue weighted by Gasteiger charge is -1.92. The first-order valence-corrected chi connectivity index (χ1v) is 16.5. The highest BCUT2D eigenvalue weighted by atomic mass is 32.1. The van der Waals surface area contributed by atoms with E-state index in [1.54, 1.807) is 35.1 Å². The van der Waals surface area contributed by atoms with E-state index >= 15 is 0 Å². The lowest BCUT2D eigenvalue weighted by Crippen LogP contribution is -1.98. The smallest absolute Gasteiger partial charge is 0.231 e. The van der Waals surface area contributed by atoms with Gasteiger partial charge < -0.3 is 18.9 Å². The normalized spacial score (nSPS) is 10.9. The second kappa shape index (κ2) is 16.0. The van der Waals surface area contributed by atoms with Crippen molar-refractivity contribution in [1.29, 1.82) is 0 Å². The van der Waals surface area contributed by atoms with Crippen molar-refractivity contribution in [3.8, 4) is 11.5 Å². The van der Waals surface area contributed by atoms with Gasteiger partial charge in [0.25, 0.3) is 0 Å². The van der Waals surface area contributed by atoms with E-state index in [1.165, 1.54) is 20.9 Å². The number of nitrogens with zero attached hydrogens (tertiary/aromatic N) is 1. The van der Waals surface area contributed by atoms with Gasteiger partial charge in [-0.2, -0.15) is 0 Å². The second-order valence-electron chi connectivity index (χ2n) is 9.98. The van der Waals surface area contributed by atoms with E-state index in [0.29, 0.717) is 6.79 Å². The molecule has 10 rings (SSSR count). The molecule has 0 bridgehead atoms. The van der Waals surface area contributed by atoms with E-state index in [-0.39, 0.29) is 5.43 Å². The number of hydrogen-bond acceptors (Lipinski definition) is 7. The maximum absolute atomic E-state index is 11.2. The Labute approximate surface area is 279 Å². The van der Waals surface area contributed by atoms with Crippen LogP contribution in [-0.4, -0.2) is 16.8 Å². The molecule has 9 aromatic rings. The molecule has 0 saturated carbocycles. The topological polar surface area (TPSA) is 77.4 Å². The predicted molar refractivity (Wildman–Crippen MR) is 195 cm³/mol. The average molecular weight is 655 g/mol. The molecule has 1 aliphatic heterocycles. The summed E-state index contributed by atoms with van der Waals surface area (Å²) in [5.74, 6) is 1.69. The molecule has 1 aliphatic rings. The average Bonchev–Trinajstić information content (AvgIpc) is 3.96. The Morgan fingerprint density at radius 1 is 0.617 bits per heavy atom. The van der Waals surface area contributed by atoms with Gasteiger partial charge in [-0.05, 0) is 71.4 Å². The molecular formula is C39H30N2O4S2. The van der Waals surface area contributed by atoms with Crippen molar-refractivity contribution in [3.63, 3.8) is 0 Å². The van der Waals surface area contributed by atoms with E-state index in [0.717, 1.165) is 38.9 Å². The molecule has 0 radical (unpaired) electrons. The zero-order valence-corrected chi connectivity index (χ0v) is 26.8. The molecule has 8 heteroatoms. The summed E-state index contributed by atoms with van der Waals surface area (Å²) < 4.78 is 17.9. The monoisotopic (exact) mass is 654 g/mol. The van der Waals surface area contributed by atoms with E-state index < -0.39 is 0 Å². The van der Waals surface area contributed by atoms with E-state index in [1.807, 2.05) is 103 Å². The van der Waals surface area contributed by atoms with Crippen molar-refractivity contribution in [2.24, 2.45) is 0 Å². The van der Waals surface area contributed by atoms with Gasteiger partial charge in [-0.25, -0.2) is 4.98 Å². The first-order chi connectivity index (χ1) is 23.2. The van der Waals surface area contributed by atoms with Crippen LogP contribution in [0.2, 0.25) is 0 Å². The van der Waals surface area contributed by atoms with Crippen LogP contribution in [-0.2, 0) is 0 Å². The maximum atomic E-state index is 11.2. The molecule has 1 N–H and O–H groups in total. The number of furan rings is 1. The minimum Gasteiger partial charge on any atom is -0.464 e. The molecular weight excluding hydrogens is 625 g/mol. The first kappa shape index (κ1) is 31.3. The van der Waals surface area contributed by atoms with E-state index in [9.17, 15) is 4.79 Å². The zero-order chi connectivity index (χ0) is 32.1. The minimum atomic E-state index is 0.0688. The quantitative estimate of drug-likeness (QED) is 0.176. The second-order valence-corrected chi connectivity index (χ2v) is 11.8. The number of fused-ring (bicyclic) bond motifs is 5. The summed E-state index contributed by atoms with van der Waals surface area (Å²) in [5, 5.41) is 5.38. The highest BCUT2D eigenvalue weighted by molar-refractivity contribution is 7.17. The summed E-state index contributed by atoms with van der Waals surface area (Å²) in [6.45, 7) is 0.360. The summed E-state index contributed by atoms with van der Waals surface area (Å²) >= 11 is 3.46. The predicted octanol–water partition coefficient (Wildman–Crippen LogP) is 10.6. The lowest BCUT2D eigenvalue weighted by atomic mass is 10.2. The van der Waals surface area contributed by atoms with Crippen molar-refractivity contribution in [3.05, 3.63) is 173 Å². The fourth-order valence-electron chi connectivity index (χ4n) is 4.58. The molecule has 4 aromatic heterocycles. The Bertz CT molecular complexity index is 2080. The van der Waals surface area contributed by atoms with E-state index in [4.69, 9.17) is 13.9 Å². The molecule has 5 heterocycles. The maximum Gasteiger partial charge on any atom is 0.231 e. The highest BCUT2D eigenvalue weighted by Gasteiger charge is 2.09. The first-order valence-electron chi connectivity index (χ1n) is 14.8. The van der Waals surface area contributed by atoms with Crippen LogP contribution in [0.3, 0.4) is 0 Å². The number of thiazole rings is 1. The molecule has 232 valence electrons. The molecule has 0 spiro atoms. The Morgan fingerprint density at radius 3 is 2.06 bits per heavy atom. The van der Waals surface area contributed by atoms with Gasteiger partial charge in [0.15, 0.2) is 16.9 Å². The van der Waals surface area contributed by atoms with Crippen LogP contribution >= 0.6 is 22.7 Å². The van der Waals surface area contributed by atoms with Crippen molar-refractivity contribution in [1.82, 2.24) is 9.97 Å². The third-order valence-electron chi connectivity index (χ3n) is 6.90. The SMILES string of the molecule is O=c1cc[nH]c2ccccc12.c1ccc2c(c1)OCO2.c1ccc2occc2c1.c1ccc2sccc2c1.c1ccc2scnc2c1. The van der Waals surface area contributed by atoms with Crippen LogP contribution < -0.4 is 14.9 Å². The molecule has 0 atom stereocenters. The number of thiophene rings is 1. The Morgan fingerprint density at radius 2 is 1.30 bits per heavy atom. The number of H-pyrrole nitrogens is 1. The number of para-hydroxylation sites is 5. The third-order valence-corrected chi connectivity index (χ3v) is 8.61. The van der Waals surface area contributed by atoms with Crippen molar-refractivity contribution >= 4 is 64.8 Å². The largest absolute Gasteiger partial charge is 0.464 e. The molecule has 0 unspecified atom stereocenters. The van der Waals surface area contributed by atoms with Crippen LogP contribution in [0.1, 0.15) is 0 Å². The van der Waals surface area contributed by atoms with Crippen LogP contribution in [0.4, 0.5) is 0 Å². The summed E-state index contributed by atoms with van der Waals surface area (Å²) in [4.78, 5) is 18.3. The van der Waals surface area contributed by atoms with Gasteiger partial charge in [-0.1, -0.05) is 72.8 Å². The third kappa shape index (κ3) is 8.52. The molecule has 47 heavy (non-hydrogen) atoms. The Kier molecular flexibility index (Phi) is 10.7. The summed E-state index contributed by atoms with van der Waals surface area (Å²) in [6, 6.07) is 45.2. The molecule has 0 aliphatic carbocycles. The number of aromatic amines is 1. The van der Waals surface area contributed by atoms with Gasteiger partial charge in [-0.15, -0.1) is 22.7 Å². The van der Waals surface area contributed by atoms with Crippen LogP contribution in [0.25, 0.3) is 42.2 Å². The summed E-state index contributed by atoms with van der Waals surface area (Å²) in [7, 11) is 0. The van der Waals surface area contributed by atoms with Gasteiger partial charge in [0.1, 0.15) is 5.58 Å². The van der Waals surface area contributed by atoms with Crippen molar-refractivity contribution < 1.29 is 13.9 Å². The fourth-order valence-corrected chi connectivity index (χ4v) is 6.05. The summed E-state index contributed by atoms with van der Waals surface area (Å²) in [5.41, 5.74) is 4.88. The number of pyridine rings is 1. The minimum absolute atomic E-state index is 0.0688. The van der Waals surface area contributed by atoms with Crippen molar-refractivity contribution in [2.75, 3.05) is 6.79 Å². The zero-order valence-electron chi connectivity index (χ0n) is 25.2. The number of aromatic nitrogens is 2. The number of ether oxygens (including phenoxy) is 2. The van der Waals surface area contributed by atoms with Crippen LogP contribution in [0.15, 0.2) is 172 Å². The molecule has 0 amide bonds. The number of nitrogens with one attached hydrogen (secondary N) is 1. The van der Waals surface area contributed by atoms with Gasteiger partial charge in [0.05, 0.1) is 22.0 Å². The molecule has 0 fully saturated rings. The van der Waals surface area contributed by atoms with Gasteiger partial charge in [0, 0.05) is 33.3 Å². The number of benzene rings is 5. The van der Waals surface area contributed by atoms with Gasteiger partial charge in [0.2, 0.25) is 6.79 Å². The Balaban J connectivity index is 0.000000103. The standard InChI is InChI=1S/C9H7NO.C8H6O.C8H6S.C7H5NS.C7H6O2/c11-9-5-6-10-8-4-2-1-3-7(8)9;2*1-2-4-8-7(3-1)5-6-9-8;2*1-2-4-7-6(3-1)8-5-9-7/h1-6H,(H,10,11);2*1-6H;1-5H;1-4H,5H2. The van der Waals surface area contributed by atoms with E-state index in [2.05, 4.69) is 51.7 Å². The van der Waals surface area contributed by atoms with Crippen LogP contribution in [0, 0.1) is 0 Å². The molecule has 6 nitrogen and oxygen atoms in total. The fraction of sp³-hybridized carbons (Fsp3) is 0.0256.